The monoisotopic (exact) mass is 339 g/mol. The van der Waals surface area contributed by atoms with Crippen molar-refractivity contribution in [3.63, 3.8) is 0 Å². The van der Waals surface area contributed by atoms with Gasteiger partial charge in [-0.1, -0.05) is 32.0 Å². The van der Waals surface area contributed by atoms with Crippen LogP contribution in [0.25, 0.3) is 0 Å². The zero-order chi connectivity index (χ0) is 18.0. The van der Waals surface area contributed by atoms with Crippen LogP contribution in [-0.2, 0) is 17.9 Å². The van der Waals surface area contributed by atoms with Crippen molar-refractivity contribution in [1.29, 1.82) is 0 Å². The Kier molecular flexibility index (Phi) is 4.70. The fourth-order valence-corrected chi connectivity index (χ4v) is 2.96. The summed E-state index contributed by atoms with van der Waals surface area (Å²) in [6, 6.07) is 10.6. The third kappa shape index (κ3) is 3.63. The van der Waals surface area contributed by atoms with Crippen LogP contribution in [0.2, 0.25) is 0 Å². The first-order chi connectivity index (χ1) is 12.0. The molecule has 2 aromatic rings. The van der Waals surface area contributed by atoms with Gasteiger partial charge in [0.25, 0.3) is 11.5 Å². The van der Waals surface area contributed by atoms with Crippen LogP contribution in [0.1, 0.15) is 29.8 Å². The van der Waals surface area contributed by atoms with Crippen molar-refractivity contribution in [1.82, 2.24) is 9.47 Å². The van der Waals surface area contributed by atoms with Crippen molar-refractivity contribution in [3.05, 3.63) is 64.1 Å². The molecule has 130 valence electrons. The van der Waals surface area contributed by atoms with Gasteiger partial charge in [0.15, 0.2) is 0 Å². The Morgan fingerprint density at radius 1 is 1.12 bits per heavy atom. The fourth-order valence-electron chi connectivity index (χ4n) is 2.96. The van der Waals surface area contributed by atoms with Gasteiger partial charge in [0.2, 0.25) is 5.91 Å². The van der Waals surface area contributed by atoms with Crippen LogP contribution in [0, 0.1) is 5.92 Å². The lowest BCUT2D eigenvalue weighted by Gasteiger charge is -2.20. The second-order valence-electron chi connectivity index (χ2n) is 6.64. The highest BCUT2D eigenvalue weighted by Crippen LogP contribution is 2.21. The maximum atomic E-state index is 12.9. The number of hydrogen-bond acceptors (Lipinski definition) is 3. The highest BCUT2D eigenvalue weighted by molar-refractivity contribution is 6.00. The number of anilines is 1. The largest absolute Gasteiger partial charge is 0.325 e. The van der Waals surface area contributed by atoms with E-state index in [9.17, 15) is 14.4 Å². The molecular formula is C19H21N3O3. The summed E-state index contributed by atoms with van der Waals surface area (Å²) >= 11 is 0. The van der Waals surface area contributed by atoms with Crippen LogP contribution < -0.4 is 10.9 Å². The molecule has 0 unspecified atom stereocenters. The fraction of sp³-hybridized carbons (Fsp3) is 0.316. The maximum absolute atomic E-state index is 12.9. The summed E-state index contributed by atoms with van der Waals surface area (Å²) in [6.45, 7) is 4.77. The lowest BCUT2D eigenvalue weighted by atomic mass is 10.1. The predicted molar refractivity (Wildman–Crippen MR) is 95.4 cm³/mol. The number of fused-ring (bicyclic) bond motifs is 1. The highest BCUT2D eigenvalue weighted by Gasteiger charge is 2.25. The van der Waals surface area contributed by atoms with Crippen molar-refractivity contribution in [3.8, 4) is 0 Å². The Morgan fingerprint density at radius 2 is 1.88 bits per heavy atom. The van der Waals surface area contributed by atoms with Crippen molar-refractivity contribution in [2.75, 3.05) is 11.9 Å². The highest BCUT2D eigenvalue weighted by atomic mass is 16.2. The number of aromatic nitrogens is 1. The molecule has 1 N–H and O–H groups in total. The summed E-state index contributed by atoms with van der Waals surface area (Å²) in [5, 5.41) is 2.79. The molecular weight excluding hydrogens is 318 g/mol. The number of para-hydroxylation sites is 1. The molecule has 0 aliphatic carbocycles. The number of carbonyl (C=O) groups excluding carboxylic acids is 2. The molecule has 0 radical (unpaired) electrons. The number of benzene rings is 1. The van der Waals surface area contributed by atoms with Crippen molar-refractivity contribution < 1.29 is 9.59 Å². The average molecular weight is 339 g/mol. The molecule has 1 aliphatic rings. The van der Waals surface area contributed by atoms with Gasteiger partial charge >= 0.3 is 0 Å². The van der Waals surface area contributed by atoms with Crippen LogP contribution in [0.3, 0.4) is 0 Å². The van der Waals surface area contributed by atoms with Crippen LogP contribution in [-0.4, -0.2) is 27.8 Å². The van der Waals surface area contributed by atoms with Crippen LogP contribution in [0.5, 0.6) is 0 Å². The zero-order valence-electron chi connectivity index (χ0n) is 14.4. The molecule has 0 saturated heterocycles. The van der Waals surface area contributed by atoms with Crippen molar-refractivity contribution in [2.45, 2.75) is 26.9 Å². The molecule has 25 heavy (non-hydrogen) atoms. The van der Waals surface area contributed by atoms with Gasteiger partial charge in [0, 0.05) is 25.0 Å². The Balaban J connectivity index is 1.93. The first-order valence-corrected chi connectivity index (χ1v) is 8.32. The van der Waals surface area contributed by atoms with Gasteiger partial charge in [-0.25, -0.2) is 0 Å². The third-order valence-electron chi connectivity index (χ3n) is 4.09. The van der Waals surface area contributed by atoms with Crippen molar-refractivity contribution >= 4 is 17.5 Å². The average Bonchev–Trinajstić information content (AvgIpc) is 2.73. The van der Waals surface area contributed by atoms with E-state index in [2.05, 4.69) is 5.32 Å². The number of nitrogens with zero attached hydrogens (tertiary/aromatic N) is 2. The molecule has 6 nitrogen and oxygen atoms in total. The van der Waals surface area contributed by atoms with E-state index in [1.807, 2.05) is 32.0 Å². The van der Waals surface area contributed by atoms with Gasteiger partial charge in [0.1, 0.15) is 12.1 Å². The first kappa shape index (κ1) is 17.0. The summed E-state index contributed by atoms with van der Waals surface area (Å²) < 4.78 is 1.55. The van der Waals surface area contributed by atoms with Gasteiger partial charge in [-0.15, -0.1) is 0 Å². The molecule has 0 fully saturated rings. The van der Waals surface area contributed by atoms with E-state index in [0.29, 0.717) is 18.2 Å². The summed E-state index contributed by atoms with van der Waals surface area (Å²) in [7, 11) is 0. The Labute approximate surface area is 146 Å². The Bertz CT molecular complexity index is 870. The quantitative estimate of drug-likeness (QED) is 0.931. The molecule has 1 aromatic heterocycles. The Hall–Kier alpha value is -2.89. The van der Waals surface area contributed by atoms with E-state index in [0.717, 1.165) is 5.56 Å². The van der Waals surface area contributed by atoms with E-state index in [1.165, 1.54) is 11.0 Å². The summed E-state index contributed by atoms with van der Waals surface area (Å²) in [5.41, 5.74) is 1.32. The predicted octanol–water partition coefficient (Wildman–Crippen LogP) is 2.10. The molecule has 0 saturated carbocycles. The van der Waals surface area contributed by atoms with Crippen LogP contribution in [0.15, 0.2) is 47.4 Å². The van der Waals surface area contributed by atoms with E-state index >= 15 is 0 Å². The second-order valence-corrected chi connectivity index (χ2v) is 6.64. The number of carbonyl (C=O) groups is 2. The molecule has 2 amide bonds. The van der Waals surface area contributed by atoms with E-state index in [-0.39, 0.29) is 30.1 Å². The number of pyridine rings is 1. The molecule has 6 heteroatoms. The van der Waals surface area contributed by atoms with Gasteiger partial charge in [-0.2, -0.15) is 0 Å². The lowest BCUT2D eigenvalue weighted by molar-refractivity contribution is -0.116. The minimum absolute atomic E-state index is 0.0774. The molecule has 0 bridgehead atoms. The number of nitrogens with one attached hydrogen (secondary N) is 1. The minimum Gasteiger partial charge on any atom is -0.325 e. The molecule has 1 aromatic carbocycles. The lowest BCUT2D eigenvalue weighted by Crippen LogP contribution is -2.39. The van der Waals surface area contributed by atoms with E-state index in [1.54, 1.807) is 22.9 Å². The van der Waals surface area contributed by atoms with Crippen molar-refractivity contribution in [2.24, 2.45) is 5.92 Å². The van der Waals surface area contributed by atoms with Gasteiger partial charge < -0.3 is 14.8 Å². The standard InChI is InChI=1S/C19H21N3O3/c1-13(2)10-21-9-5-7-15(18(21)24)19(25)22-11-14-6-3-4-8-16(14)20-17(23)12-22/h3-9,13H,10-12H2,1-2H3,(H,20,23). The molecule has 2 heterocycles. The zero-order valence-corrected chi connectivity index (χ0v) is 14.4. The van der Waals surface area contributed by atoms with Gasteiger partial charge in [0.05, 0.1) is 0 Å². The topological polar surface area (TPSA) is 71.4 Å². The summed E-state index contributed by atoms with van der Waals surface area (Å²) in [4.78, 5) is 39.0. The second kappa shape index (κ2) is 6.93. The van der Waals surface area contributed by atoms with Crippen LogP contribution >= 0.6 is 0 Å². The summed E-state index contributed by atoms with van der Waals surface area (Å²) in [6.07, 6.45) is 1.68. The van der Waals surface area contributed by atoms with Gasteiger partial charge in [-0.05, 0) is 29.7 Å². The number of rotatable bonds is 3. The smallest absolute Gasteiger partial charge is 0.263 e. The number of amides is 2. The first-order valence-electron chi connectivity index (χ1n) is 8.32. The van der Waals surface area contributed by atoms with E-state index in [4.69, 9.17) is 0 Å². The minimum atomic E-state index is -0.421. The van der Waals surface area contributed by atoms with E-state index < -0.39 is 5.91 Å². The molecule has 0 atom stereocenters. The number of hydrogen-bond donors (Lipinski definition) is 1. The summed E-state index contributed by atoms with van der Waals surface area (Å²) in [5.74, 6) is -0.398. The molecule has 3 rings (SSSR count). The SMILES string of the molecule is CC(C)Cn1cccc(C(=O)N2CC(=O)Nc3ccccc3C2)c1=O. The Morgan fingerprint density at radius 3 is 2.64 bits per heavy atom. The third-order valence-corrected chi connectivity index (χ3v) is 4.09. The molecule has 0 spiro atoms. The normalized spacial score (nSPS) is 14.0. The maximum Gasteiger partial charge on any atom is 0.263 e. The van der Waals surface area contributed by atoms with Crippen LogP contribution in [0.4, 0.5) is 5.69 Å². The molecule has 1 aliphatic heterocycles. The van der Waals surface area contributed by atoms with Gasteiger partial charge in [-0.3, -0.25) is 14.4 Å².